The Morgan fingerprint density at radius 3 is 2.16 bits per heavy atom. The first-order valence-electron chi connectivity index (χ1n) is 9.53. The lowest BCUT2D eigenvalue weighted by molar-refractivity contribution is -0.384. The quantitative estimate of drug-likeness (QED) is 0.197. The van der Waals surface area contributed by atoms with Gasteiger partial charge < -0.3 is 9.47 Å². The molecule has 7 nitrogen and oxygen atoms in total. The lowest BCUT2D eigenvalue weighted by atomic mass is 10.1. The second kappa shape index (κ2) is 8.76. The Morgan fingerprint density at radius 1 is 0.969 bits per heavy atom. The number of methoxy groups -OCH3 is 1. The molecule has 0 aliphatic heterocycles. The van der Waals surface area contributed by atoms with Crippen molar-refractivity contribution in [2.24, 2.45) is 0 Å². The van der Waals surface area contributed by atoms with Crippen LogP contribution < -0.4 is 9.47 Å². The average Bonchev–Trinajstić information content (AvgIpc) is 3.04. The number of carbonyl (C=O) groups excluding carboxylic acids is 2. The summed E-state index contributed by atoms with van der Waals surface area (Å²) in [6.45, 7) is 0.174. The molecule has 0 spiro atoms. The first-order chi connectivity index (χ1) is 15.4. The van der Waals surface area contributed by atoms with Gasteiger partial charge in [0.2, 0.25) is 0 Å². The third-order valence-electron chi connectivity index (χ3n) is 5.03. The molecule has 0 fully saturated rings. The van der Waals surface area contributed by atoms with Crippen molar-refractivity contribution >= 4 is 39.3 Å². The van der Waals surface area contributed by atoms with Crippen LogP contribution in [0.2, 0.25) is 0 Å². The largest absolute Gasteiger partial charge is 0.493 e. The Bertz CT molecular complexity index is 1240. The molecule has 0 radical (unpaired) electrons. The molecular formula is C24H16BrNO6. The Balaban J connectivity index is 1.59. The number of hydrogen-bond donors (Lipinski definition) is 0. The zero-order chi connectivity index (χ0) is 22.8. The van der Waals surface area contributed by atoms with Crippen LogP contribution in [0.15, 0.2) is 70.7 Å². The molecule has 0 saturated heterocycles. The molecule has 0 heterocycles. The Kier molecular flexibility index (Phi) is 5.87. The number of ketones is 2. The molecule has 0 unspecified atom stereocenters. The molecule has 32 heavy (non-hydrogen) atoms. The topological polar surface area (TPSA) is 95.7 Å². The van der Waals surface area contributed by atoms with E-state index in [0.29, 0.717) is 32.7 Å². The summed E-state index contributed by atoms with van der Waals surface area (Å²) >= 11 is 3.47. The van der Waals surface area contributed by atoms with E-state index in [4.69, 9.17) is 9.47 Å². The predicted octanol–water partition coefficient (Wildman–Crippen LogP) is 5.41. The summed E-state index contributed by atoms with van der Waals surface area (Å²) in [5.74, 6) is 0.231. The zero-order valence-electron chi connectivity index (χ0n) is 16.8. The molecule has 160 valence electrons. The Morgan fingerprint density at radius 2 is 1.59 bits per heavy atom. The summed E-state index contributed by atoms with van der Waals surface area (Å²) in [5.41, 5.74) is 2.23. The minimum absolute atomic E-state index is 0.00428. The van der Waals surface area contributed by atoms with Crippen LogP contribution in [0.3, 0.4) is 0 Å². The number of halogens is 1. The number of non-ortho nitro benzene ring substituents is 1. The highest BCUT2D eigenvalue weighted by Gasteiger charge is 2.32. The van der Waals surface area contributed by atoms with E-state index in [1.54, 1.807) is 48.5 Å². The van der Waals surface area contributed by atoms with Crippen molar-refractivity contribution in [1.82, 2.24) is 0 Å². The number of nitrogens with zero attached hydrogens (tertiary/aromatic N) is 1. The fourth-order valence-corrected chi connectivity index (χ4v) is 3.80. The van der Waals surface area contributed by atoms with Crippen molar-refractivity contribution in [3.8, 4) is 11.5 Å². The monoisotopic (exact) mass is 493 g/mol. The van der Waals surface area contributed by atoms with Crippen molar-refractivity contribution < 1.29 is 24.0 Å². The van der Waals surface area contributed by atoms with Gasteiger partial charge in [-0.05, 0) is 41.5 Å². The van der Waals surface area contributed by atoms with E-state index in [2.05, 4.69) is 15.9 Å². The van der Waals surface area contributed by atoms with E-state index < -0.39 is 4.92 Å². The molecule has 8 heteroatoms. The smallest absolute Gasteiger partial charge is 0.269 e. The predicted molar refractivity (Wildman–Crippen MR) is 121 cm³/mol. The van der Waals surface area contributed by atoms with E-state index in [1.165, 1.54) is 25.3 Å². The normalized spacial score (nSPS) is 12.5. The number of carbonyl (C=O) groups is 2. The second-order valence-electron chi connectivity index (χ2n) is 7.00. The highest BCUT2D eigenvalue weighted by atomic mass is 79.9. The SMILES string of the molecule is COc1cc(C=C2C(=O)c3ccccc3C2=O)c(Br)cc1OCc1ccc([N+](=O)[O-])cc1. The summed E-state index contributed by atoms with van der Waals surface area (Å²) < 4.78 is 11.9. The van der Waals surface area contributed by atoms with Crippen LogP contribution in [0.4, 0.5) is 5.69 Å². The zero-order valence-corrected chi connectivity index (χ0v) is 18.4. The molecule has 0 bridgehead atoms. The number of allylic oxidation sites excluding steroid dienone is 1. The minimum Gasteiger partial charge on any atom is -0.493 e. The molecule has 0 aromatic heterocycles. The highest BCUT2D eigenvalue weighted by molar-refractivity contribution is 9.10. The maximum atomic E-state index is 12.7. The number of benzene rings is 3. The molecule has 1 aliphatic rings. The molecule has 4 rings (SSSR count). The van der Waals surface area contributed by atoms with Gasteiger partial charge in [-0.1, -0.05) is 40.2 Å². The third-order valence-corrected chi connectivity index (χ3v) is 5.72. The van der Waals surface area contributed by atoms with Gasteiger partial charge in [0.05, 0.1) is 17.6 Å². The van der Waals surface area contributed by atoms with E-state index in [0.717, 1.165) is 5.56 Å². The van der Waals surface area contributed by atoms with Gasteiger partial charge in [-0.25, -0.2) is 0 Å². The Labute approximate surface area is 191 Å². The summed E-state index contributed by atoms with van der Waals surface area (Å²) in [6, 6.07) is 16.2. The lowest BCUT2D eigenvalue weighted by Gasteiger charge is -2.13. The molecule has 3 aromatic carbocycles. The van der Waals surface area contributed by atoms with Gasteiger partial charge in [0, 0.05) is 27.7 Å². The van der Waals surface area contributed by atoms with Gasteiger partial charge in [0.25, 0.3) is 5.69 Å². The van der Waals surface area contributed by atoms with E-state index in [1.807, 2.05) is 0 Å². The van der Waals surface area contributed by atoms with E-state index in [-0.39, 0.29) is 29.4 Å². The number of nitro benzene ring substituents is 1. The lowest BCUT2D eigenvalue weighted by Crippen LogP contribution is -2.01. The van der Waals surface area contributed by atoms with Crippen LogP contribution in [0.1, 0.15) is 31.8 Å². The van der Waals surface area contributed by atoms with Crippen molar-refractivity contribution in [2.45, 2.75) is 6.61 Å². The number of ether oxygens (including phenoxy) is 2. The van der Waals surface area contributed by atoms with Gasteiger partial charge in [-0.15, -0.1) is 0 Å². The highest BCUT2D eigenvalue weighted by Crippen LogP contribution is 2.36. The molecule has 3 aromatic rings. The first-order valence-corrected chi connectivity index (χ1v) is 10.3. The molecular weight excluding hydrogens is 478 g/mol. The average molecular weight is 494 g/mol. The standard InChI is InChI=1S/C24H16BrNO6/c1-31-21-11-15(10-19-23(27)17-4-2-3-5-18(17)24(19)28)20(25)12-22(21)32-13-14-6-8-16(9-7-14)26(29)30/h2-12H,13H2,1H3. The van der Waals surface area contributed by atoms with Gasteiger partial charge in [0.1, 0.15) is 6.61 Å². The summed E-state index contributed by atoms with van der Waals surface area (Å²) in [6.07, 6.45) is 1.54. The second-order valence-corrected chi connectivity index (χ2v) is 7.85. The van der Waals surface area contributed by atoms with Crippen LogP contribution in [-0.2, 0) is 6.61 Å². The first kappa shape index (κ1) is 21.5. The van der Waals surface area contributed by atoms with Crippen LogP contribution in [-0.4, -0.2) is 23.6 Å². The van der Waals surface area contributed by atoms with Gasteiger partial charge >= 0.3 is 0 Å². The molecule has 1 aliphatic carbocycles. The molecule has 0 atom stereocenters. The van der Waals surface area contributed by atoms with E-state index in [9.17, 15) is 19.7 Å². The van der Waals surface area contributed by atoms with E-state index >= 15 is 0 Å². The van der Waals surface area contributed by atoms with Gasteiger partial charge in [-0.3, -0.25) is 19.7 Å². The van der Waals surface area contributed by atoms with Gasteiger partial charge in [-0.2, -0.15) is 0 Å². The molecule has 0 saturated carbocycles. The van der Waals surface area contributed by atoms with Crippen molar-refractivity contribution in [3.05, 3.63) is 103 Å². The number of hydrogen-bond acceptors (Lipinski definition) is 6. The van der Waals surface area contributed by atoms with Crippen LogP contribution in [0.25, 0.3) is 6.08 Å². The maximum Gasteiger partial charge on any atom is 0.269 e. The fraction of sp³-hybridized carbons (Fsp3) is 0.0833. The fourth-order valence-electron chi connectivity index (χ4n) is 3.37. The Hall–Kier alpha value is -3.78. The van der Waals surface area contributed by atoms with Crippen LogP contribution in [0.5, 0.6) is 11.5 Å². The van der Waals surface area contributed by atoms with Crippen LogP contribution in [0, 0.1) is 10.1 Å². The third kappa shape index (κ3) is 4.04. The number of rotatable bonds is 6. The number of Topliss-reactive ketones (excluding diaryl/α,β-unsaturated/α-hetero) is 2. The molecule has 0 N–H and O–H groups in total. The summed E-state index contributed by atoms with van der Waals surface area (Å²) in [5, 5.41) is 10.8. The van der Waals surface area contributed by atoms with Crippen LogP contribution >= 0.6 is 15.9 Å². The number of nitro groups is 1. The van der Waals surface area contributed by atoms with Crippen molar-refractivity contribution in [1.29, 1.82) is 0 Å². The van der Waals surface area contributed by atoms with Gasteiger partial charge in [0.15, 0.2) is 23.1 Å². The van der Waals surface area contributed by atoms with Crippen molar-refractivity contribution in [3.63, 3.8) is 0 Å². The molecule has 0 amide bonds. The maximum absolute atomic E-state index is 12.7. The minimum atomic E-state index is -0.462. The number of fused-ring (bicyclic) bond motifs is 1. The summed E-state index contributed by atoms with van der Waals surface area (Å²) in [4.78, 5) is 35.7. The summed E-state index contributed by atoms with van der Waals surface area (Å²) in [7, 11) is 1.49. The van der Waals surface area contributed by atoms with Crippen molar-refractivity contribution in [2.75, 3.05) is 7.11 Å².